The van der Waals surface area contributed by atoms with Crippen molar-refractivity contribution in [2.24, 2.45) is 17.8 Å². The number of fused-ring (bicyclic) bond motifs is 2. The number of rotatable bonds is 4. The molecule has 1 N–H and O–H groups in total. The van der Waals surface area contributed by atoms with Gasteiger partial charge in [0.25, 0.3) is 0 Å². The maximum Gasteiger partial charge on any atom is 0.223 e. The Morgan fingerprint density at radius 1 is 1.20 bits per heavy atom. The summed E-state index contributed by atoms with van der Waals surface area (Å²) in [6, 6.07) is 5.24. The SMILES string of the molecule is O=C(N[C@H]1C[C@H]2CC[C@H]1C2)C1CCN(Cc2c(F)cccc2Cl)CC1. The number of piperidine rings is 1. The smallest absolute Gasteiger partial charge is 0.223 e. The number of likely N-dealkylation sites (tertiary alicyclic amines) is 1. The highest BCUT2D eigenvalue weighted by atomic mass is 35.5. The van der Waals surface area contributed by atoms with Gasteiger partial charge in [0.1, 0.15) is 5.82 Å². The van der Waals surface area contributed by atoms with Crippen LogP contribution in [0.3, 0.4) is 0 Å². The van der Waals surface area contributed by atoms with E-state index in [9.17, 15) is 9.18 Å². The van der Waals surface area contributed by atoms with E-state index in [0.717, 1.165) is 37.8 Å². The molecule has 2 bridgehead atoms. The number of halogens is 2. The van der Waals surface area contributed by atoms with Crippen molar-refractivity contribution in [3.63, 3.8) is 0 Å². The van der Waals surface area contributed by atoms with Gasteiger partial charge in [-0.3, -0.25) is 9.69 Å². The van der Waals surface area contributed by atoms with Crippen molar-refractivity contribution in [1.82, 2.24) is 10.2 Å². The molecule has 2 saturated carbocycles. The largest absolute Gasteiger partial charge is 0.353 e. The van der Waals surface area contributed by atoms with E-state index in [1.807, 2.05) is 0 Å². The van der Waals surface area contributed by atoms with Crippen LogP contribution < -0.4 is 5.32 Å². The van der Waals surface area contributed by atoms with Gasteiger partial charge in [-0.1, -0.05) is 24.1 Å². The molecular weight excluding hydrogens is 339 g/mol. The molecule has 3 fully saturated rings. The summed E-state index contributed by atoms with van der Waals surface area (Å²) in [5, 5.41) is 3.81. The molecule has 1 amide bonds. The van der Waals surface area contributed by atoms with Gasteiger partial charge in [-0.2, -0.15) is 0 Å². The van der Waals surface area contributed by atoms with Crippen molar-refractivity contribution >= 4 is 17.5 Å². The lowest BCUT2D eigenvalue weighted by Gasteiger charge is -2.33. The number of carbonyl (C=O) groups is 1. The zero-order valence-corrected chi connectivity index (χ0v) is 15.3. The molecule has 1 aromatic rings. The standard InChI is InChI=1S/C20H26ClFN2O/c21-17-2-1-3-18(22)16(17)12-24-8-6-14(7-9-24)20(25)23-19-11-13-4-5-15(19)10-13/h1-3,13-15,19H,4-12H2,(H,23,25)/t13-,15-,19-/m0/s1. The van der Waals surface area contributed by atoms with Crippen LogP contribution in [0.5, 0.6) is 0 Å². The van der Waals surface area contributed by atoms with Gasteiger partial charge in [0, 0.05) is 29.1 Å². The van der Waals surface area contributed by atoms with Crippen molar-refractivity contribution in [3.05, 3.63) is 34.6 Å². The van der Waals surface area contributed by atoms with Gasteiger partial charge in [0.2, 0.25) is 5.91 Å². The molecule has 3 nitrogen and oxygen atoms in total. The minimum Gasteiger partial charge on any atom is -0.353 e. The summed E-state index contributed by atoms with van der Waals surface area (Å²) in [4.78, 5) is 14.8. The number of hydrogen-bond donors (Lipinski definition) is 1. The summed E-state index contributed by atoms with van der Waals surface area (Å²) in [5.74, 6) is 1.66. The Labute approximate surface area is 153 Å². The Hall–Kier alpha value is -1.13. The first-order valence-electron chi connectivity index (χ1n) is 9.56. The summed E-state index contributed by atoms with van der Waals surface area (Å²) in [6.45, 7) is 2.16. The molecule has 0 unspecified atom stereocenters. The maximum absolute atomic E-state index is 13.9. The van der Waals surface area contributed by atoms with E-state index in [1.165, 1.54) is 31.7 Å². The lowest BCUT2D eigenvalue weighted by molar-refractivity contribution is -0.127. The molecule has 0 radical (unpaired) electrons. The molecule has 3 aliphatic rings. The van der Waals surface area contributed by atoms with E-state index in [0.29, 0.717) is 23.2 Å². The highest BCUT2D eigenvalue weighted by Gasteiger charge is 2.40. The normalized spacial score (nSPS) is 29.9. The van der Waals surface area contributed by atoms with E-state index in [1.54, 1.807) is 12.1 Å². The Kier molecular flexibility index (Phi) is 5.01. The third-order valence-corrected chi connectivity index (χ3v) is 6.82. The molecule has 1 aliphatic heterocycles. The predicted molar refractivity (Wildman–Crippen MR) is 96.8 cm³/mol. The van der Waals surface area contributed by atoms with E-state index in [2.05, 4.69) is 10.2 Å². The fourth-order valence-electron chi connectivity index (χ4n) is 4.98. The molecule has 1 saturated heterocycles. The summed E-state index contributed by atoms with van der Waals surface area (Å²) in [6.07, 6.45) is 6.83. The Morgan fingerprint density at radius 3 is 2.64 bits per heavy atom. The van der Waals surface area contributed by atoms with Crippen LogP contribution in [0.4, 0.5) is 4.39 Å². The van der Waals surface area contributed by atoms with Crippen LogP contribution >= 0.6 is 11.6 Å². The summed E-state index contributed by atoms with van der Waals surface area (Å²) >= 11 is 6.12. The molecule has 136 valence electrons. The molecule has 4 rings (SSSR count). The van der Waals surface area contributed by atoms with Crippen LogP contribution in [0.2, 0.25) is 5.02 Å². The Balaban J connectivity index is 1.27. The predicted octanol–water partition coefficient (Wildman–Crippen LogP) is 4.00. The lowest BCUT2D eigenvalue weighted by atomic mass is 9.92. The zero-order chi connectivity index (χ0) is 17.4. The first-order chi connectivity index (χ1) is 12.1. The number of hydrogen-bond acceptors (Lipinski definition) is 2. The highest BCUT2D eigenvalue weighted by molar-refractivity contribution is 6.31. The highest BCUT2D eigenvalue weighted by Crippen LogP contribution is 2.44. The van der Waals surface area contributed by atoms with Crippen LogP contribution in [0, 0.1) is 23.6 Å². The van der Waals surface area contributed by atoms with Crippen molar-refractivity contribution in [2.75, 3.05) is 13.1 Å². The zero-order valence-electron chi connectivity index (χ0n) is 14.5. The third-order valence-electron chi connectivity index (χ3n) is 6.47. The average molecular weight is 365 g/mol. The van der Waals surface area contributed by atoms with Gasteiger partial charge in [-0.15, -0.1) is 0 Å². The second-order valence-corrected chi connectivity index (χ2v) is 8.45. The summed E-state index contributed by atoms with van der Waals surface area (Å²) < 4.78 is 13.9. The third kappa shape index (κ3) is 3.70. The van der Waals surface area contributed by atoms with Gasteiger partial charge in [0.15, 0.2) is 0 Å². The Bertz CT molecular complexity index is 624. The van der Waals surface area contributed by atoms with Crippen molar-refractivity contribution in [1.29, 1.82) is 0 Å². The number of nitrogens with zero attached hydrogens (tertiary/aromatic N) is 1. The van der Waals surface area contributed by atoms with Crippen molar-refractivity contribution < 1.29 is 9.18 Å². The summed E-state index contributed by atoms with van der Waals surface area (Å²) in [5.41, 5.74) is 0.564. The summed E-state index contributed by atoms with van der Waals surface area (Å²) in [7, 11) is 0. The first kappa shape index (κ1) is 17.3. The van der Waals surface area contributed by atoms with Gasteiger partial charge >= 0.3 is 0 Å². The number of amides is 1. The average Bonchev–Trinajstić information content (AvgIpc) is 3.22. The van der Waals surface area contributed by atoms with Gasteiger partial charge in [0.05, 0.1) is 0 Å². The first-order valence-corrected chi connectivity index (χ1v) is 9.93. The molecule has 5 heteroatoms. The van der Waals surface area contributed by atoms with Crippen molar-refractivity contribution in [3.8, 4) is 0 Å². The van der Waals surface area contributed by atoms with Crippen LogP contribution in [-0.4, -0.2) is 29.9 Å². The van der Waals surface area contributed by atoms with Gasteiger partial charge < -0.3 is 5.32 Å². The molecule has 3 atom stereocenters. The van der Waals surface area contributed by atoms with Gasteiger partial charge in [-0.25, -0.2) is 4.39 Å². The monoisotopic (exact) mass is 364 g/mol. The second kappa shape index (κ2) is 7.24. The van der Waals surface area contributed by atoms with Crippen LogP contribution in [0.1, 0.15) is 44.1 Å². The number of nitrogens with one attached hydrogen (secondary N) is 1. The van der Waals surface area contributed by atoms with E-state index in [4.69, 9.17) is 11.6 Å². The minimum absolute atomic E-state index is 0.103. The molecule has 1 aromatic carbocycles. The fraction of sp³-hybridized carbons (Fsp3) is 0.650. The fourth-order valence-corrected chi connectivity index (χ4v) is 5.21. The topological polar surface area (TPSA) is 32.3 Å². The number of benzene rings is 1. The molecule has 0 aromatic heterocycles. The van der Waals surface area contributed by atoms with Gasteiger partial charge in [-0.05, 0) is 69.2 Å². The molecule has 0 spiro atoms. The quantitative estimate of drug-likeness (QED) is 0.875. The molecule has 1 heterocycles. The number of carbonyl (C=O) groups excluding carboxylic acids is 1. The van der Waals surface area contributed by atoms with Crippen LogP contribution in [0.25, 0.3) is 0 Å². The van der Waals surface area contributed by atoms with E-state index >= 15 is 0 Å². The Morgan fingerprint density at radius 2 is 2.00 bits per heavy atom. The van der Waals surface area contributed by atoms with Crippen molar-refractivity contribution in [2.45, 2.75) is 51.1 Å². The van der Waals surface area contributed by atoms with E-state index < -0.39 is 0 Å². The maximum atomic E-state index is 13.9. The lowest BCUT2D eigenvalue weighted by Crippen LogP contribution is -2.45. The minimum atomic E-state index is -0.247. The molecular formula is C20H26ClFN2O. The molecule has 2 aliphatic carbocycles. The van der Waals surface area contributed by atoms with Crippen LogP contribution in [-0.2, 0) is 11.3 Å². The molecule has 25 heavy (non-hydrogen) atoms. The van der Waals surface area contributed by atoms with Crippen LogP contribution in [0.15, 0.2) is 18.2 Å². The second-order valence-electron chi connectivity index (χ2n) is 8.04. The van der Waals surface area contributed by atoms with E-state index in [-0.39, 0.29) is 17.6 Å².